The van der Waals surface area contributed by atoms with Crippen molar-refractivity contribution in [2.24, 2.45) is 0 Å². The third-order valence-corrected chi connectivity index (χ3v) is 7.37. The van der Waals surface area contributed by atoms with Crippen LogP contribution in [0.5, 0.6) is 0 Å². The van der Waals surface area contributed by atoms with Crippen molar-refractivity contribution in [2.75, 3.05) is 5.73 Å². The lowest BCUT2D eigenvalue weighted by Gasteiger charge is -2.23. The normalized spacial score (nSPS) is 13.3. The van der Waals surface area contributed by atoms with Crippen molar-refractivity contribution in [1.82, 2.24) is 14.3 Å². The van der Waals surface area contributed by atoms with Crippen molar-refractivity contribution in [1.29, 1.82) is 0 Å². The largest absolute Gasteiger partial charge is 0.406 e. The fraction of sp³-hybridized carbons (Fsp3) is 0.136. The van der Waals surface area contributed by atoms with E-state index < -0.39 is 33.7 Å². The first-order chi connectivity index (χ1) is 16.0. The van der Waals surface area contributed by atoms with Crippen LogP contribution in [0.15, 0.2) is 72.0 Å². The molecule has 4 aromatic rings. The molecule has 0 bridgehead atoms. The van der Waals surface area contributed by atoms with Crippen LogP contribution in [-0.4, -0.2) is 30.2 Å². The summed E-state index contributed by atoms with van der Waals surface area (Å²) < 4.78 is 70.9. The number of fused-ring (bicyclic) bond motifs is 1. The highest BCUT2D eigenvalue weighted by molar-refractivity contribution is 7.89. The van der Waals surface area contributed by atoms with Crippen molar-refractivity contribution in [3.8, 4) is 11.1 Å². The molecule has 2 aromatic carbocycles. The van der Waals surface area contributed by atoms with Gasteiger partial charge in [-0.1, -0.05) is 41.4 Å². The first-order valence-electron chi connectivity index (χ1n) is 9.79. The van der Waals surface area contributed by atoms with Crippen LogP contribution >= 0.6 is 23.2 Å². The molecule has 6 nitrogen and oxygen atoms in total. The second kappa shape index (κ2) is 9.10. The number of nitrogens with one attached hydrogen (secondary N) is 1. The fourth-order valence-corrected chi connectivity index (χ4v) is 5.87. The Labute approximate surface area is 203 Å². The molecule has 0 aliphatic heterocycles. The molecule has 1 atom stereocenters. The standard InChI is InChI=1S/C22H17Cl2F3N4O2S/c23-14-9-17(24)21(18(28)10-14)34(32,33)30-20(22(25,26)27)12-31-11-16(13-5-7-29-8-6-13)15-3-1-2-4-19(15)31/h1-11,20,30H,12,28H2. The Balaban J connectivity index is 1.75. The van der Waals surface area contributed by atoms with Crippen LogP contribution in [0.25, 0.3) is 22.0 Å². The van der Waals surface area contributed by atoms with E-state index in [9.17, 15) is 21.6 Å². The highest BCUT2D eigenvalue weighted by atomic mass is 35.5. The third-order valence-electron chi connectivity index (χ3n) is 5.16. The summed E-state index contributed by atoms with van der Waals surface area (Å²) >= 11 is 11.8. The molecule has 12 heteroatoms. The van der Waals surface area contributed by atoms with E-state index in [4.69, 9.17) is 28.9 Å². The number of sulfonamides is 1. The molecule has 34 heavy (non-hydrogen) atoms. The van der Waals surface area contributed by atoms with Gasteiger partial charge in [0.25, 0.3) is 0 Å². The molecule has 2 heterocycles. The molecule has 0 aliphatic rings. The minimum absolute atomic E-state index is 0.0521. The van der Waals surface area contributed by atoms with E-state index in [2.05, 4.69) is 4.98 Å². The minimum Gasteiger partial charge on any atom is -0.398 e. The predicted octanol–water partition coefficient (Wildman–Crippen LogP) is 5.50. The van der Waals surface area contributed by atoms with Gasteiger partial charge in [0.1, 0.15) is 10.9 Å². The zero-order valence-electron chi connectivity index (χ0n) is 17.2. The summed E-state index contributed by atoms with van der Waals surface area (Å²) in [5.41, 5.74) is 7.30. The predicted molar refractivity (Wildman–Crippen MR) is 126 cm³/mol. The lowest BCUT2D eigenvalue weighted by molar-refractivity contribution is -0.154. The average molecular weight is 529 g/mol. The van der Waals surface area contributed by atoms with Gasteiger partial charge in [0.2, 0.25) is 10.0 Å². The smallest absolute Gasteiger partial charge is 0.398 e. The van der Waals surface area contributed by atoms with Gasteiger partial charge in [0, 0.05) is 46.6 Å². The van der Waals surface area contributed by atoms with Gasteiger partial charge < -0.3 is 10.3 Å². The SMILES string of the molecule is Nc1cc(Cl)cc(Cl)c1S(=O)(=O)NC(Cn1cc(-c2ccncc2)c2ccccc21)C(F)(F)F. The lowest BCUT2D eigenvalue weighted by atomic mass is 10.1. The van der Waals surface area contributed by atoms with Crippen LogP contribution in [0.1, 0.15) is 0 Å². The summed E-state index contributed by atoms with van der Waals surface area (Å²) in [7, 11) is -4.75. The van der Waals surface area contributed by atoms with Crippen LogP contribution in [0.4, 0.5) is 18.9 Å². The highest BCUT2D eigenvalue weighted by Gasteiger charge is 2.43. The number of pyridine rings is 1. The summed E-state index contributed by atoms with van der Waals surface area (Å²) in [4.78, 5) is 3.30. The van der Waals surface area contributed by atoms with Crippen molar-refractivity contribution in [2.45, 2.75) is 23.7 Å². The van der Waals surface area contributed by atoms with Gasteiger partial charge in [-0.2, -0.15) is 17.9 Å². The lowest BCUT2D eigenvalue weighted by Crippen LogP contribution is -2.48. The number of nitrogens with zero attached hydrogens (tertiary/aromatic N) is 2. The molecule has 178 valence electrons. The number of anilines is 1. The van der Waals surface area contributed by atoms with Crippen LogP contribution < -0.4 is 10.5 Å². The van der Waals surface area contributed by atoms with E-state index in [-0.39, 0.29) is 15.7 Å². The van der Waals surface area contributed by atoms with Crippen molar-refractivity contribution in [3.05, 3.63) is 77.2 Å². The molecule has 3 N–H and O–H groups in total. The van der Waals surface area contributed by atoms with Crippen molar-refractivity contribution in [3.63, 3.8) is 0 Å². The quantitative estimate of drug-likeness (QED) is 0.323. The molecule has 0 fully saturated rings. The molecular formula is C22H17Cl2F3N4O2S. The maximum Gasteiger partial charge on any atom is 0.406 e. The Kier molecular flexibility index (Phi) is 6.52. The molecule has 2 aromatic heterocycles. The number of benzene rings is 2. The second-order valence-electron chi connectivity index (χ2n) is 7.47. The molecular weight excluding hydrogens is 512 g/mol. The third kappa shape index (κ3) is 4.85. The Morgan fingerprint density at radius 3 is 2.41 bits per heavy atom. The average Bonchev–Trinajstić information content (AvgIpc) is 3.11. The summed E-state index contributed by atoms with van der Waals surface area (Å²) in [6.07, 6.45) is -0.206. The first kappa shape index (κ1) is 24.3. The molecule has 0 spiro atoms. The van der Waals surface area contributed by atoms with Gasteiger partial charge in [-0.3, -0.25) is 4.98 Å². The number of hydrogen-bond acceptors (Lipinski definition) is 4. The molecule has 1 unspecified atom stereocenters. The fourth-order valence-electron chi connectivity index (χ4n) is 3.67. The summed E-state index contributed by atoms with van der Waals surface area (Å²) in [6.45, 7) is -0.723. The Bertz CT molecular complexity index is 1440. The number of nitrogen functional groups attached to an aromatic ring is 1. The van der Waals surface area contributed by atoms with Crippen LogP contribution in [0, 0.1) is 0 Å². The first-order valence-corrected chi connectivity index (χ1v) is 12.0. The molecule has 0 saturated carbocycles. The van der Waals surface area contributed by atoms with Gasteiger partial charge in [-0.05, 0) is 35.9 Å². The van der Waals surface area contributed by atoms with E-state index in [0.29, 0.717) is 16.5 Å². The second-order valence-corrected chi connectivity index (χ2v) is 9.96. The molecule has 0 radical (unpaired) electrons. The van der Waals surface area contributed by atoms with Crippen molar-refractivity contribution < 1.29 is 21.6 Å². The number of para-hydroxylation sites is 1. The van der Waals surface area contributed by atoms with Gasteiger partial charge in [0.05, 0.1) is 10.7 Å². The number of nitrogens with two attached hydrogens (primary N) is 1. The van der Waals surface area contributed by atoms with Crippen LogP contribution in [0.2, 0.25) is 10.0 Å². The number of rotatable bonds is 6. The maximum absolute atomic E-state index is 14.0. The van der Waals surface area contributed by atoms with Gasteiger partial charge >= 0.3 is 6.18 Å². The summed E-state index contributed by atoms with van der Waals surface area (Å²) in [5.74, 6) is 0. The zero-order chi connectivity index (χ0) is 24.7. The maximum atomic E-state index is 14.0. The van der Waals surface area contributed by atoms with Crippen LogP contribution in [-0.2, 0) is 16.6 Å². The van der Waals surface area contributed by atoms with E-state index in [1.807, 2.05) is 0 Å². The molecule has 0 saturated heterocycles. The number of alkyl halides is 3. The van der Waals surface area contributed by atoms with Crippen molar-refractivity contribution >= 4 is 49.8 Å². The Morgan fingerprint density at radius 1 is 1.09 bits per heavy atom. The van der Waals surface area contributed by atoms with E-state index in [0.717, 1.165) is 17.7 Å². The number of hydrogen-bond donors (Lipinski definition) is 2. The summed E-state index contributed by atoms with van der Waals surface area (Å²) in [5, 5.41) is 0.378. The van der Waals surface area contributed by atoms with E-state index in [1.54, 1.807) is 59.7 Å². The Hall–Kier alpha value is -2.79. The Morgan fingerprint density at radius 2 is 1.76 bits per heavy atom. The molecule has 4 rings (SSSR count). The topological polar surface area (TPSA) is 90.0 Å². The minimum atomic E-state index is -4.91. The highest BCUT2D eigenvalue weighted by Crippen LogP contribution is 2.34. The van der Waals surface area contributed by atoms with Crippen LogP contribution in [0.3, 0.4) is 0 Å². The number of aromatic nitrogens is 2. The van der Waals surface area contributed by atoms with E-state index >= 15 is 0 Å². The number of halogens is 5. The van der Waals surface area contributed by atoms with E-state index in [1.165, 1.54) is 4.57 Å². The molecule has 0 aliphatic carbocycles. The molecule has 0 amide bonds. The summed E-state index contributed by atoms with van der Waals surface area (Å²) in [6, 6.07) is 10.1. The van der Waals surface area contributed by atoms with Gasteiger partial charge in [-0.25, -0.2) is 8.42 Å². The monoisotopic (exact) mass is 528 g/mol. The van der Waals surface area contributed by atoms with Gasteiger partial charge in [0.15, 0.2) is 0 Å². The zero-order valence-corrected chi connectivity index (χ0v) is 19.6. The van der Waals surface area contributed by atoms with Gasteiger partial charge in [-0.15, -0.1) is 0 Å².